The number of hydrogen-bond donors (Lipinski definition) is 2. The number of rotatable bonds is 7. The van der Waals surface area contributed by atoms with Gasteiger partial charge in [-0.2, -0.15) is 18.3 Å². The third-order valence-corrected chi connectivity index (χ3v) is 6.13. The first-order valence-electron chi connectivity index (χ1n) is 9.72. The lowest BCUT2D eigenvalue weighted by molar-refractivity contribution is -0.385. The maximum absolute atomic E-state index is 13.1. The summed E-state index contributed by atoms with van der Waals surface area (Å²) in [5.41, 5.74) is 3.37. The molecule has 0 spiro atoms. The molecule has 2 N–H and O–H groups in total. The molecule has 178 valence electrons. The molecule has 0 heterocycles. The lowest BCUT2D eigenvalue weighted by Gasteiger charge is -2.14. The van der Waals surface area contributed by atoms with Crippen molar-refractivity contribution in [1.82, 2.24) is 0 Å². The van der Waals surface area contributed by atoms with Crippen molar-refractivity contribution in [2.45, 2.75) is 24.9 Å². The van der Waals surface area contributed by atoms with Gasteiger partial charge in [0.2, 0.25) is 0 Å². The number of hydrazone groups is 1. The fraction of sp³-hybridized carbons (Fsp3) is 0.136. The highest BCUT2D eigenvalue weighted by atomic mass is 32.2. The van der Waals surface area contributed by atoms with Gasteiger partial charge in [-0.3, -0.25) is 20.3 Å². The van der Waals surface area contributed by atoms with Crippen molar-refractivity contribution in [2.24, 2.45) is 5.10 Å². The second kappa shape index (κ2) is 9.51. The molecular formula is C22H19F3N4O4S. The Kier molecular flexibility index (Phi) is 6.91. The van der Waals surface area contributed by atoms with Crippen LogP contribution in [0.4, 0.5) is 30.2 Å². The van der Waals surface area contributed by atoms with E-state index in [0.29, 0.717) is 16.8 Å². The monoisotopic (exact) mass is 492 g/mol. The SMILES string of the molecule is Cc1ccc(NS(=O)(=O)c2cc([N+](=O)[O-])ccc2NN=Cc2ccc(C(F)(F)F)cc2)c(C)c1. The second-order valence-electron chi connectivity index (χ2n) is 7.35. The molecule has 0 amide bonds. The van der Waals surface area contributed by atoms with E-state index in [1.807, 2.05) is 6.92 Å². The number of sulfonamides is 1. The Hall–Kier alpha value is -3.93. The van der Waals surface area contributed by atoms with E-state index in [9.17, 15) is 31.7 Å². The van der Waals surface area contributed by atoms with Gasteiger partial charge in [0.15, 0.2) is 0 Å². The number of benzene rings is 3. The maximum Gasteiger partial charge on any atom is 0.416 e. The second-order valence-corrected chi connectivity index (χ2v) is 9.00. The first kappa shape index (κ1) is 24.7. The highest BCUT2D eigenvalue weighted by Crippen LogP contribution is 2.30. The molecule has 0 aliphatic carbocycles. The number of halogens is 3. The Labute approximate surface area is 193 Å². The van der Waals surface area contributed by atoms with Crippen molar-refractivity contribution >= 4 is 33.3 Å². The number of anilines is 2. The van der Waals surface area contributed by atoms with Crippen LogP contribution in [0.1, 0.15) is 22.3 Å². The van der Waals surface area contributed by atoms with Crippen LogP contribution in [0.5, 0.6) is 0 Å². The number of nitrogens with zero attached hydrogens (tertiary/aromatic N) is 2. The van der Waals surface area contributed by atoms with E-state index in [-0.39, 0.29) is 5.69 Å². The van der Waals surface area contributed by atoms with Gasteiger partial charge in [-0.05, 0) is 49.2 Å². The normalized spacial score (nSPS) is 12.0. The number of hydrogen-bond acceptors (Lipinski definition) is 6. The standard InChI is InChI=1S/C22H19F3N4O4S/c1-14-3-9-19(15(2)11-14)28-34(32,33)21-12-18(29(30)31)8-10-20(21)27-26-13-16-4-6-17(7-5-16)22(23,24)25/h3-13,27-28H,1-2H3. The van der Waals surface area contributed by atoms with Gasteiger partial charge in [-0.15, -0.1) is 0 Å². The van der Waals surface area contributed by atoms with E-state index in [0.717, 1.165) is 29.8 Å². The number of non-ortho nitro benzene ring substituents is 1. The summed E-state index contributed by atoms with van der Waals surface area (Å²) >= 11 is 0. The Morgan fingerprint density at radius 2 is 1.62 bits per heavy atom. The molecule has 0 aliphatic rings. The Morgan fingerprint density at radius 3 is 2.21 bits per heavy atom. The molecule has 0 saturated heterocycles. The van der Waals surface area contributed by atoms with Crippen molar-refractivity contribution in [2.75, 3.05) is 10.1 Å². The highest BCUT2D eigenvalue weighted by molar-refractivity contribution is 7.92. The van der Waals surface area contributed by atoms with Crippen LogP contribution in [-0.2, 0) is 16.2 Å². The molecule has 0 atom stereocenters. The molecule has 0 radical (unpaired) electrons. The van der Waals surface area contributed by atoms with Crippen LogP contribution in [0, 0.1) is 24.0 Å². The van der Waals surface area contributed by atoms with Gasteiger partial charge in [-0.1, -0.05) is 29.8 Å². The van der Waals surface area contributed by atoms with Gasteiger partial charge in [-0.25, -0.2) is 8.42 Å². The molecule has 8 nitrogen and oxygen atoms in total. The van der Waals surface area contributed by atoms with Gasteiger partial charge in [0, 0.05) is 12.1 Å². The van der Waals surface area contributed by atoms with E-state index >= 15 is 0 Å². The predicted molar refractivity (Wildman–Crippen MR) is 122 cm³/mol. The topological polar surface area (TPSA) is 114 Å². The summed E-state index contributed by atoms with van der Waals surface area (Å²) in [6, 6.07) is 12.4. The van der Waals surface area contributed by atoms with Gasteiger partial charge >= 0.3 is 6.18 Å². The fourth-order valence-corrected chi connectivity index (χ4v) is 4.31. The summed E-state index contributed by atoms with van der Waals surface area (Å²) in [6.45, 7) is 3.56. The maximum atomic E-state index is 13.1. The number of alkyl halides is 3. The lowest BCUT2D eigenvalue weighted by atomic mass is 10.1. The van der Waals surface area contributed by atoms with Crippen LogP contribution in [0.25, 0.3) is 0 Å². The molecule has 3 aromatic rings. The van der Waals surface area contributed by atoms with Crippen molar-refractivity contribution < 1.29 is 26.5 Å². The minimum absolute atomic E-state index is 0.0639. The lowest BCUT2D eigenvalue weighted by Crippen LogP contribution is -2.16. The van der Waals surface area contributed by atoms with Crippen molar-refractivity contribution in [3.63, 3.8) is 0 Å². The Morgan fingerprint density at radius 1 is 0.971 bits per heavy atom. The predicted octanol–water partition coefficient (Wildman–Crippen LogP) is 5.48. The van der Waals surface area contributed by atoms with E-state index < -0.39 is 37.3 Å². The molecule has 0 fully saturated rings. The third-order valence-electron chi connectivity index (χ3n) is 4.73. The van der Waals surface area contributed by atoms with Crippen LogP contribution in [0.3, 0.4) is 0 Å². The zero-order valence-electron chi connectivity index (χ0n) is 17.9. The summed E-state index contributed by atoms with van der Waals surface area (Å²) < 4.78 is 66.6. The summed E-state index contributed by atoms with van der Waals surface area (Å²) in [5.74, 6) is 0. The third kappa shape index (κ3) is 5.90. The molecule has 3 rings (SSSR count). The molecule has 0 aromatic heterocycles. The van der Waals surface area contributed by atoms with Crippen molar-refractivity contribution in [1.29, 1.82) is 0 Å². The molecule has 0 bridgehead atoms. The first-order chi connectivity index (χ1) is 15.9. The molecule has 0 unspecified atom stereocenters. The smallest absolute Gasteiger partial charge is 0.279 e. The van der Waals surface area contributed by atoms with E-state index in [1.165, 1.54) is 24.4 Å². The summed E-state index contributed by atoms with van der Waals surface area (Å²) in [7, 11) is -4.27. The van der Waals surface area contributed by atoms with Crippen LogP contribution in [0.15, 0.2) is 70.7 Å². The average Bonchev–Trinajstić information content (AvgIpc) is 2.75. The molecule has 3 aromatic carbocycles. The number of aryl methyl sites for hydroxylation is 2. The molecule has 0 saturated carbocycles. The number of nitro groups is 1. The quantitative estimate of drug-likeness (QED) is 0.258. The minimum atomic E-state index is -4.47. The minimum Gasteiger partial charge on any atom is -0.279 e. The first-order valence-corrected chi connectivity index (χ1v) is 11.2. The summed E-state index contributed by atoms with van der Waals surface area (Å²) in [4.78, 5) is 10.0. The molecule has 12 heteroatoms. The van der Waals surface area contributed by atoms with E-state index in [2.05, 4.69) is 15.2 Å². The Balaban J connectivity index is 1.90. The highest BCUT2D eigenvalue weighted by Gasteiger charge is 2.29. The van der Waals surface area contributed by atoms with Crippen LogP contribution in [-0.4, -0.2) is 19.6 Å². The van der Waals surface area contributed by atoms with Crippen LogP contribution in [0.2, 0.25) is 0 Å². The molecule has 34 heavy (non-hydrogen) atoms. The van der Waals surface area contributed by atoms with Gasteiger partial charge in [0.1, 0.15) is 4.90 Å². The zero-order chi connectivity index (χ0) is 25.1. The van der Waals surface area contributed by atoms with Gasteiger partial charge < -0.3 is 0 Å². The van der Waals surface area contributed by atoms with Gasteiger partial charge in [0.25, 0.3) is 15.7 Å². The van der Waals surface area contributed by atoms with Crippen molar-refractivity contribution in [3.8, 4) is 0 Å². The Bertz CT molecular complexity index is 1360. The summed E-state index contributed by atoms with van der Waals surface area (Å²) in [6.07, 6.45) is -3.28. The number of nitrogens with one attached hydrogen (secondary N) is 2. The van der Waals surface area contributed by atoms with E-state index in [4.69, 9.17) is 0 Å². The number of nitro benzene ring substituents is 1. The van der Waals surface area contributed by atoms with Crippen LogP contribution >= 0.6 is 0 Å². The van der Waals surface area contributed by atoms with Crippen LogP contribution < -0.4 is 10.1 Å². The average molecular weight is 492 g/mol. The van der Waals surface area contributed by atoms with Crippen molar-refractivity contribution in [3.05, 3.63) is 93.0 Å². The molecule has 0 aliphatic heterocycles. The zero-order valence-corrected chi connectivity index (χ0v) is 18.7. The fourth-order valence-electron chi connectivity index (χ4n) is 3.00. The van der Waals surface area contributed by atoms with Gasteiger partial charge in [0.05, 0.1) is 28.1 Å². The van der Waals surface area contributed by atoms with E-state index in [1.54, 1.807) is 25.1 Å². The summed E-state index contributed by atoms with van der Waals surface area (Å²) in [5, 5.41) is 15.1. The molecular weight excluding hydrogens is 473 g/mol. The largest absolute Gasteiger partial charge is 0.416 e.